The maximum absolute atomic E-state index is 6.31. The van der Waals surface area contributed by atoms with E-state index in [1.54, 1.807) is 11.3 Å². The highest BCUT2D eigenvalue weighted by Crippen LogP contribution is 2.27. The van der Waals surface area contributed by atoms with Gasteiger partial charge in [0.1, 0.15) is 11.3 Å². The Morgan fingerprint density at radius 2 is 1.70 bits per heavy atom. The summed E-state index contributed by atoms with van der Waals surface area (Å²) in [6.45, 7) is 6.24. The van der Waals surface area contributed by atoms with Crippen LogP contribution in [0, 0.1) is 20.8 Å². The number of nitrogens with one attached hydrogen (secondary N) is 1. The molecule has 148 valence electrons. The van der Waals surface area contributed by atoms with Crippen molar-refractivity contribution >= 4 is 37.7 Å². The molecule has 30 heavy (non-hydrogen) atoms. The third-order valence-electron chi connectivity index (χ3n) is 5.08. The molecule has 0 unspecified atom stereocenters. The van der Waals surface area contributed by atoms with E-state index >= 15 is 0 Å². The first-order valence-electron chi connectivity index (χ1n) is 9.84. The van der Waals surface area contributed by atoms with Gasteiger partial charge in [-0.15, -0.1) is 0 Å². The van der Waals surface area contributed by atoms with Crippen LogP contribution in [0.15, 0.2) is 76.2 Å². The Morgan fingerprint density at radius 3 is 2.50 bits per heavy atom. The van der Waals surface area contributed by atoms with E-state index in [1.807, 2.05) is 24.3 Å². The number of hydrogen-bond acceptors (Lipinski definition) is 5. The van der Waals surface area contributed by atoms with Gasteiger partial charge in [-0.05, 0) is 50.1 Å². The number of aromatic nitrogens is 1. The van der Waals surface area contributed by atoms with Crippen molar-refractivity contribution in [1.82, 2.24) is 4.98 Å². The van der Waals surface area contributed by atoms with E-state index in [1.165, 1.54) is 11.1 Å². The summed E-state index contributed by atoms with van der Waals surface area (Å²) in [6, 6.07) is 22.7. The van der Waals surface area contributed by atoms with Crippen LogP contribution in [0.3, 0.4) is 0 Å². The van der Waals surface area contributed by atoms with Gasteiger partial charge in [-0.25, -0.2) is 4.98 Å². The van der Waals surface area contributed by atoms with Crippen molar-refractivity contribution in [3.05, 3.63) is 88.8 Å². The molecular weight excluding hydrogens is 390 g/mol. The lowest BCUT2D eigenvalue weighted by atomic mass is 10.1. The number of aryl methyl sites for hydroxylation is 3. The maximum Gasteiger partial charge on any atom is 0.204 e. The molecule has 0 radical (unpaired) electrons. The summed E-state index contributed by atoms with van der Waals surface area (Å²) in [5.74, 6) is 0.791. The van der Waals surface area contributed by atoms with Gasteiger partial charge in [0, 0.05) is 17.0 Å². The molecule has 0 saturated carbocycles. The third-order valence-corrected chi connectivity index (χ3v) is 6.02. The first-order valence-corrected chi connectivity index (χ1v) is 10.7. The Labute approximate surface area is 178 Å². The molecule has 0 aliphatic carbocycles. The largest absolute Gasteiger partial charge is 0.456 e. The van der Waals surface area contributed by atoms with Crippen LogP contribution in [0.5, 0.6) is 0 Å². The van der Waals surface area contributed by atoms with E-state index in [2.05, 4.69) is 73.6 Å². The zero-order valence-electron chi connectivity index (χ0n) is 17.1. The standard InChI is InChI=1S/C25H21N3OS/c1-15-8-10-18(11-9-15)22-14-21(19-13-16(2)12-17(3)24(19)29-22)27-28-25-26-20-6-4-5-7-23(20)30-25/h4-14H,1-3H3,(H,26,28)/b27-21+. The van der Waals surface area contributed by atoms with Crippen molar-refractivity contribution in [2.75, 3.05) is 5.43 Å². The maximum atomic E-state index is 6.31. The highest BCUT2D eigenvalue weighted by molar-refractivity contribution is 7.22. The SMILES string of the molecule is Cc1ccc(-c2c/c(=N\Nc3nc4ccccc4s3)c3cc(C)cc(C)c3o2)cc1. The van der Waals surface area contributed by atoms with Gasteiger partial charge in [0.25, 0.3) is 0 Å². The molecule has 4 nitrogen and oxygen atoms in total. The predicted molar refractivity (Wildman–Crippen MR) is 125 cm³/mol. The fourth-order valence-corrected chi connectivity index (χ4v) is 4.41. The van der Waals surface area contributed by atoms with Crippen LogP contribution in [0.25, 0.3) is 32.5 Å². The quantitative estimate of drug-likeness (QED) is 0.342. The summed E-state index contributed by atoms with van der Waals surface area (Å²) < 4.78 is 7.45. The van der Waals surface area contributed by atoms with Crippen LogP contribution in [-0.2, 0) is 0 Å². The number of benzene rings is 3. The Balaban J connectivity index is 1.68. The van der Waals surface area contributed by atoms with Crippen LogP contribution in [0.2, 0.25) is 0 Å². The monoisotopic (exact) mass is 411 g/mol. The Hall–Kier alpha value is -3.44. The van der Waals surface area contributed by atoms with Gasteiger partial charge in [0.2, 0.25) is 5.13 Å². The lowest BCUT2D eigenvalue weighted by Gasteiger charge is -2.08. The van der Waals surface area contributed by atoms with Gasteiger partial charge in [-0.1, -0.05) is 59.4 Å². The number of fused-ring (bicyclic) bond motifs is 2. The Bertz CT molecular complexity index is 1410. The molecule has 5 rings (SSSR count). The molecule has 2 aromatic heterocycles. The molecule has 0 fully saturated rings. The van der Waals surface area contributed by atoms with Crippen LogP contribution in [0.4, 0.5) is 5.13 Å². The highest BCUT2D eigenvalue weighted by Gasteiger charge is 2.10. The van der Waals surface area contributed by atoms with Gasteiger partial charge in [-0.3, -0.25) is 5.43 Å². The number of thiazole rings is 1. The van der Waals surface area contributed by atoms with Crippen molar-refractivity contribution in [2.45, 2.75) is 20.8 Å². The molecule has 0 atom stereocenters. The van der Waals surface area contributed by atoms with Crippen molar-refractivity contribution in [2.24, 2.45) is 5.10 Å². The molecule has 0 amide bonds. The van der Waals surface area contributed by atoms with E-state index in [9.17, 15) is 0 Å². The minimum absolute atomic E-state index is 0.770. The average Bonchev–Trinajstić information content (AvgIpc) is 3.16. The number of hydrogen-bond donors (Lipinski definition) is 1. The lowest BCUT2D eigenvalue weighted by Crippen LogP contribution is -2.08. The summed E-state index contributed by atoms with van der Waals surface area (Å²) in [6.07, 6.45) is 0. The Kier molecular flexibility index (Phi) is 4.60. The van der Waals surface area contributed by atoms with Gasteiger partial charge >= 0.3 is 0 Å². The number of rotatable bonds is 3. The zero-order valence-corrected chi connectivity index (χ0v) is 17.9. The summed E-state index contributed by atoms with van der Waals surface area (Å²) in [4.78, 5) is 4.62. The van der Waals surface area contributed by atoms with Crippen molar-refractivity contribution < 1.29 is 4.42 Å². The summed E-state index contributed by atoms with van der Waals surface area (Å²) in [7, 11) is 0. The first kappa shape index (κ1) is 18.6. The zero-order chi connectivity index (χ0) is 20.7. The molecule has 3 aromatic carbocycles. The third kappa shape index (κ3) is 3.48. The van der Waals surface area contributed by atoms with Crippen LogP contribution in [0.1, 0.15) is 16.7 Å². The van der Waals surface area contributed by atoms with E-state index in [0.717, 1.165) is 48.6 Å². The summed E-state index contributed by atoms with van der Waals surface area (Å²) in [5, 5.41) is 7.31. The first-order chi connectivity index (χ1) is 14.6. The van der Waals surface area contributed by atoms with E-state index in [-0.39, 0.29) is 0 Å². The molecule has 0 saturated heterocycles. The molecule has 1 N–H and O–H groups in total. The number of para-hydroxylation sites is 1. The highest BCUT2D eigenvalue weighted by atomic mass is 32.1. The smallest absolute Gasteiger partial charge is 0.204 e. The molecule has 0 bridgehead atoms. The molecule has 2 heterocycles. The van der Waals surface area contributed by atoms with Crippen LogP contribution in [-0.4, -0.2) is 4.98 Å². The van der Waals surface area contributed by atoms with E-state index < -0.39 is 0 Å². The normalized spacial score (nSPS) is 12.0. The molecule has 5 heteroatoms. The summed E-state index contributed by atoms with van der Waals surface area (Å²) >= 11 is 1.59. The van der Waals surface area contributed by atoms with Crippen LogP contribution >= 0.6 is 11.3 Å². The molecular formula is C25H21N3OS. The number of anilines is 1. The van der Waals surface area contributed by atoms with Gasteiger partial charge in [-0.2, -0.15) is 5.10 Å². The predicted octanol–water partition coefficient (Wildman–Crippen LogP) is 6.56. The number of nitrogens with zero attached hydrogens (tertiary/aromatic N) is 2. The molecule has 5 aromatic rings. The molecule has 0 spiro atoms. The molecule has 0 aliphatic rings. The second-order valence-electron chi connectivity index (χ2n) is 7.53. The van der Waals surface area contributed by atoms with Gasteiger partial charge < -0.3 is 4.42 Å². The lowest BCUT2D eigenvalue weighted by molar-refractivity contribution is 0.615. The van der Waals surface area contributed by atoms with E-state index in [0.29, 0.717) is 0 Å². The minimum Gasteiger partial charge on any atom is -0.456 e. The second kappa shape index (κ2) is 7.43. The minimum atomic E-state index is 0.770. The van der Waals surface area contributed by atoms with Crippen LogP contribution < -0.4 is 10.8 Å². The van der Waals surface area contributed by atoms with Gasteiger partial charge in [0.15, 0.2) is 0 Å². The van der Waals surface area contributed by atoms with Gasteiger partial charge in [0.05, 0.1) is 15.6 Å². The van der Waals surface area contributed by atoms with Crippen molar-refractivity contribution in [3.8, 4) is 11.3 Å². The van der Waals surface area contributed by atoms with Crippen molar-refractivity contribution in [1.29, 1.82) is 0 Å². The molecule has 0 aliphatic heterocycles. The van der Waals surface area contributed by atoms with Crippen molar-refractivity contribution in [3.63, 3.8) is 0 Å². The average molecular weight is 412 g/mol. The topological polar surface area (TPSA) is 50.4 Å². The fourth-order valence-electron chi connectivity index (χ4n) is 3.60. The summed E-state index contributed by atoms with van der Waals surface area (Å²) in [5.41, 5.74) is 9.49. The fraction of sp³-hybridized carbons (Fsp3) is 0.120. The second-order valence-corrected chi connectivity index (χ2v) is 8.56. The van der Waals surface area contributed by atoms with E-state index in [4.69, 9.17) is 9.52 Å². The Morgan fingerprint density at radius 1 is 0.900 bits per heavy atom.